The van der Waals surface area contributed by atoms with Crippen LogP contribution in [0.25, 0.3) is 11.3 Å². The van der Waals surface area contributed by atoms with Crippen molar-refractivity contribution in [2.24, 2.45) is 0 Å². The number of aryl methyl sites for hydroxylation is 1. The molecule has 1 amide bonds. The summed E-state index contributed by atoms with van der Waals surface area (Å²) < 4.78 is 0. The Morgan fingerprint density at radius 2 is 1.71 bits per heavy atom. The highest BCUT2D eigenvalue weighted by molar-refractivity contribution is 7.14. The van der Waals surface area contributed by atoms with Gasteiger partial charge in [0, 0.05) is 16.5 Å². The molecule has 1 aromatic heterocycles. The average molecular weight is 391 g/mol. The number of fused-ring (bicyclic) bond motifs is 1. The maximum absolute atomic E-state index is 12.9. The van der Waals surface area contributed by atoms with Gasteiger partial charge in [-0.25, -0.2) is 4.98 Å². The van der Waals surface area contributed by atoms with Gasteiger partial charge in [0.05, 0.1) is 5.69 Å². The van der Waals surface area contributed by atoms with E-state index in [2.05, 4.69) is 48.6 Å². The van der Waals surface area contributed by atoms with Crippen LogP contribution >= 0.6 is 11.3 Å². The first kappa shape index (κ1) is 18.9. The fourth-order valence-electron chi connectivity index (χ4n) is 3.88. The van der Waals surface area contributed by atoms with Crippen molar-refractivity contribution in [2.45, 2.75) is 51.5 Å². The lowest BCUT2D eigenvalue weighted by atomic mass is 10.1. The van der Waals surface area contributed by atoms with E-state index in [9.17, 15) is 4.79 Å². The van der Waals surface area contributed by atoms with Gasteiger partial charge in [-0.2, -0.15) is 0 Å². The molecule has 1 aliphatic carbocycles. The first-order chi connectivity index (χ1) is 13.7. The molecule has 28 heavy (non-hydrogen) atoms. The summed E-state index contributed by atoms with van der Waals surface area (Å²) in [5, 5.41) is 3.79. The van der Waals surface area contributed by atoms with Gasteiger partial charge in [-0.15, -0.1) is 11.3 Å². The molecule has 0 spiro atoms. The van der Waals surface area contributed by atoms with Crippen molar-refractivity contribution in [3.8, 4) is 11.3 Å². The van der Waals surface area contributed by atoms with Gasteiger partial charge in [-0.1, -0.05) is 74.4 Å². The van der Waals surface area contributed by atoms with E-state index in [1.165, 1.54) is 28.8 Å². The van der Waals surface area contributed by atoms with Gasteiger partial charge < -0.3 is 5.32 Å². The van der Waals surface area contributed by atoms with Crippen LogP contribution < -0.4 is 5.32 Å². The maximum atomic E-state index is 12.9. The summed E-state index contributed by atoms with van der Waals surface area (Å²) in [4.78, 5) is 18.9. The fraction of sp³-hybridized carbons (Fsp3) is 0.333. The Morgan fingerprint density at radius 3 is 2.39 bits per heavy atom. The lowest BCUT2D eigenvalue weighted by molar-refractivity contribution is 0.0938. The summed E-state index contributed by atoms with van der Waals surface area (Å²) in [6, 6.07) is 18.8. The van der Waals surface area contributed by atoms with Crippen molar-refractivity contribution in [1.29, 1.82) is 0 Å². The van der Waals surface area contributed by atoms with Crippen LogP contribution in [0.15, 0.2) is 54.6 Å². The lowest BCUT2D eigenvalue weighted by Gasteiger charge is -2.10. The SMILES string of the molecule is CCCCCc1sc(C(=O)NC2Cc3ccccc3C2)nc1-c1ccccc1. The molecule has 2 aromatic carbocycles. The molecule has 0 radical (unpaired) electrons. The van der Waals surface area contributed by atoms with Gasteiger partial charge in [0.2, 0.25) is 0 Å². The molecule has 0 atom stereocenters. The van der Waals surface area contributed by atoms with Crippen LogP contribution in [-0.4, -0.2) is 16.9 Å². The summed E-state index contributed by atoms with van der Waals surface area (Å²) >= 11 is 1.56. The van der Waals surface area contributed by atoms with E-state index < -0.39 is 0 Å². The standard InChI is InChI=1S/C24H26N2OS/c1-2-3-5-14-21-22(17-10-6-4-7-11-17)26-24(28-21)23(27)25-20-15-18-12-8-9-13-19(18)16-20/h4,6-13,20H,2-3,5,14-16H2,1H3,(H,25,27). The molecular weight excluding hydrogens is 364 g/mol. The van der Waals surface area contributed by atoms with Crippen molar-refractivity contribution in [3.05, 3.63) is 75.6 Å². The predicted octanol–water partition coefficient (Wildman–Crippen LogP) is 5.44. The minimum atomic E-state index is -0.0401. The number of hydrogen-bond acceptors (Lipinski definition) is 3. The molecule has 0 saturated carbocycles. The monoisotopic (exact) mass is 390 g/mol. The molecule has 4 heteroatoms. The third-order valence-corrected chi connectivity index (χ3v) is 6.45. The number of hydrogen-bond donors (Lipinski definition) is 1. The number of nitrogens with one attached hydrogen (secondary N) is 1. The van der Waals surface area contributed by atoms with Crippen LogP contribution in [0.3, 0.4) is 0 Å². The summed E-state index contributed by atoms with van der Waals surface area (Å²) in [5.41, 5.74) is 4.76. The smallest absolute Gasteiger partial charge is 0.280 e. The molecule has 3 aromatic rings. The lowest BCUT2D eigenvalue weighted by Crippen LogP contribution is -2.35. The number of aromatic nitrogens is 1. The van der Waals surface area contributed by atoms with Gasteiger partial charge in [-0.05, 0) is 36.8 Å². The molecule has 0 aliphatic heterocycles. The molecule has 144 valence electrons. The Morgan fingerprint density at radius 1 is 1.04 bits per heavy atom. The van der Waals surface area contributed by atoms with Gasteiger partial charge in [-0.3, -0.25) is 4.79 Å². The van der Waals surface area contributed by atoms with Gasteiger partial charge in [0.25, 0.3) is 5.91 Å². The van der Waals surface area contributed by atoms with Crippen LogP contribution in [0.4, 0.5) is 0 Å². The largest absolute Gasteiger partial charge is 0.347 e. The Hall–Kier alpha value is -2.46. The second kappa shape index (κ2) is 8.70. The highest BCUT2D eigenvalue weighted by atomic mass is 32.1. The molecule has 0 saturated heterocycles. The van der Waals surface area contributed by atoms with Gasteiger partial charge in [0.15, 0.2) is 5.01 Å². The Bertz CT molecular complexity index is 923. The molecule has 0 bridgehead atoms. The summed E-state index contributed by atoms with van der Waals surface area (Å²) in [6.45, 7) is 2.21. The van der Waals surface area contributed by atoms with E-state index in [1.807, 2.05) is 18.2 Å². The van der Waals surface area contributed by atoms with Crippen LogP contribution in [0.5, 0.6) is 0 Å². The van der Waals surface area contributed by atoms with E-state index in [1.54, 1.807) is 11.3 Å². The number of benzene rings is 2. The van der Waals surface area contributed by atoms with Crippen molar-refractivity contribution in [3.63, 3.8) is 0 Å². The second-order valence-corrected chi connectivity index (χ2v) is 8.54. The van der Waals surface area contributed by atoms with Crippen LogP contribution in [0.1, 0.15) is 52.0 Å². The zero-order chi connectivity index (χ0) is 19.3. The molecule has 1 N–H and O–H groups in total. The zero-order valence-corrected chi connectivity index (χ0v) is 17.1. The third kappa shape index (κ3) is 4.17. The molecule has 3 nitrogen and oxygen atoms in total. The van der Waals surface area contributed by atoms with Gasteiger partial charge in [0.1, 0.15) is 0 Å². The number of amides is 1. The Kier molecular flexibility index (Phi) is 5.87. The van der Waals surface area contributed by atoms with Crippen molar-refractivity contribution >= 4 is 17.2 Å². The van der Waals surface area contributed by atoms with E-state index in [-0.39, 0.29) is 11.9 Å². The van der Waals surface area contributed by atoms with E-state index in [4.69, 9.17) is 4.98 Å². The Labute approximate surface area is 170 Å². The number of carbonyl (C=O) groups excluding carboxylic acids is 1. The van der Waals surface area contributed by atoms with E-state index >= 15 is 0 Å². The molecule has 0 unspecified atom stereocenters. The third-order valence-electron chi connectivity index (χ3n) is 5.33. The van der Waals surface area contributed by atoms with Crippen molar-refractivity contribution in [2.75, 3.05) is 0 Å². The van der Waals surface area contributed by atoms with Gasteiger partial charge >= 0.3 is 0 Å². The number of rotatable bonds is 7. The first-order valence-electron chi connectivity index (χ1n) is 10.2. The summed E-state index contributed by atoms with van der Waals surface area (Å²) in [5.74, 6) is -0.0401. The number of unbranched alkanes of at least 4 members (excludes halogenated alkanes) is 2. The average Bonchev–Trinajstić information content (AvgIpc) is 3.32. The van der Waals surface area contributed by atoms with Crippen molar-refractivity contribution < 1.29 is 4.79 Å². The zero-order valence-electron chi connectivity index (χ0n) is 16.3. The molecule has 0 fully saturated rings. The molecular formula is C24H26N2OS. The van der Waals surface area contributed by atoms with Crippen LogP contribution in [-0.2, 0) is 19.3 Å². The van der Waals surface area contributed by atoms with Crippen LogP contribution in [0, 0.1) is 0 Å². The van der Waals surface area contributed by atoms with E-state index in [0.717, 1.165) is 36.9 Å². The molecule has 1 aliphatic rings. The second-order valence-electron chi connectivity index (χ2n) is 7.46. The quantitative estimate of drug-likeness (QED) is 0.546. The maximum Gasteiger partial charge on any atom is 0.280 e. The van der Waals surface area contributed by atoms with E-state index in [0.29, 0.717) is 5.01 Å². The molecule has 1 heterocycles. The minimum absolute atomic E-state index is 0.0401. The summed E-state index contributed by atoms with van der Waals surface area (Å²) in [6.07, 6.45) is 6.32. The minimum Gasteiger partial charge on any atom is -0.347 e. The number of carbonyl (C=O) groups is 1. The van der Waals surface area contributed by atoms with Crippen molar-refractivity contribution in [1.82, 2.24) is 10.3 Å². The summed E-state index contributed by atoms with van der Waals surface area (Å²) in [7, 11) is 0. The topological polar surface area (TPSA) is 42.0 Å². The predicted molar refractivity (Wildman–Crippen MR) is 116 cm³/mol. The molecule has 4 rings (SSSR count). The van der Waals surface area contributed by atoms with Crippen LogP contribution in [0.2, 0.25) is 0 Å². The Balaban J connectivity index is 1.51. The fourth-order valence-corrected chi connectivity index (χ4v) is 4.91. The number of nitrogens with zero attached hydrogens (tertiary/aromatic N) is 1. The first-order valence-corrected chi connectivity index (χ1v) is 11.0. The number of thiazole rings is 1. The normalized spacial score (nSPS) is 13.5. The highest BCUT2D eigenvalue weighted by Crippen LogP contribution is 2.30. The highest BCUT2D eigenvalue weighted by Gasteiger charge is 2.25.